The van der Waals surface area contributed by atoms with Gasteiger partial charge in [0.15, 0.2) is 0 Å². The minimum Gasteiger partial charge on any atom is -0.365 e. The van der Waals surface area contributed by atoms with E-state index in [1.54, 1.807) is 0 Å². The van der Waals surface area contributed by atoms with Crippen LogP contribution in [0.3, 0.4) is 0 Å². The van der Waals surface area contributed by atoms with E-state index >= 15 is 0 Å². The SMILES string of the molecule is [C-]#[N+]c1c(N2CCC(C)(NCC(F)F)CC2)nc(Cl)c(C#N)c1CC. The first kappa shape index (κ1) is 19.4. The molecule has 0 amide bonds. The molecule has 2 heterocycles. The Kier molecular flexibility index (Phi) is 6.16. The highest BCUT2D eigenvalue weighted by atomic mass is 35.5. The van der Waals surface area contributed by atoms with Gasteiger partial charge in [-0.25, -0.2) is 18.6 Å². The Morgan fingerprint density at radius 1 is 1.48 bits per heavy atom. The van der Waals surface area contributed by atoms with Gasteiger partial charge in [-0.3, -0.25) is 0 Å². The van der Waals surface area contributed by atoms with E-state index in [1.807, 2.05) is 24.8 Å². The third-order valence-corrected chi connectivity index (χ3v) is 4.91. The lowest BCUT2D eigenvalue weighted by Gasteiger charge is -2.41. The number of nitrogens with one attached hydrogen (secondary N) is 1. The largest absolute Gasteiger partial charge is 0.365 e. The number of hydrogen-bond acceptors (Lipinski definition) is 4. The summed E-state index contributed by atoms with van der Waals surface area (Å²) in [4.78, 5) is 9.82. The smallest absolute Gasteiger partial charge is 0.250 e. The highest BCUT2D eigenvalue weighted by Crippen LogP contribution is 2.38. The Morgan fingerprint density at radius 2 is 2.12 bits per heavy atom. The molecule has 2 rings (SSSR count). The molecule has 1 aliphatic heterocycles. The average Bonchev–Trinajstić information content (AvgIpc) is 2.59. The Bertz CT molecular complexity index is 715. The summed E-state index contributed by atoms with van der Waals surface area (Å²) >= 11 is 6.14. The van der Waals surface area contributed by atoms with Crippen LogP contribution in [0.1, 0.15) is 37.8 Å². The number of hydrogen-bond donors (Lipinski definition) is 1. The second-order valence-corrected chi connectivity index (χ2v) is 6.68. The Morgan fingerprint density at radius 3 is 2.60 bits per heavy atom. The summed E-state index contributed by atoms with van der Waals surface area (Å²) < 4.78 is 24.9. The summed E-state index contributed by atoms with van der Waals surface area (Å²) in [5.41, 5.74) is 0.846. The van der Waals surface area contributed by atoms with Crippen molar-refractivity contribution in [3.05, 3.63) is 27.7 Å². The lowest BCUT2D eigenvalue weighted by molar-refractivity contribution is 0.125. The molecule has 134 valence electrons. The topological polar surface area (TPSA) is 56.3 Å². The minimum atomic E-state index is -2.38. The summed E-state index contributed by atoms with van der Waals surface area (Å²) in [6.07, 6.45) is -0.567. The molecule has 1 saturated heterocycles. The lowest BCUT2D eigenvalue weighted by Crippen LogP contribution is -2.52. The zero-order chi connectivity index (χ0) is 18.6. The molecule has 0 saturated carbocycles. The van der Waals surface area contributed by atoms with Crippen molar-refractivity contribution < 1.29 is 8.78 Å². The first-order valence-electron chi connectivity index (χ1n) is 8.13. The predicted octanol–water partition coefficient (Wildman–Crippen LogP) is 3.93. The van der Waals surface area contributed by atoms with Crippen LogP contribution in [0.4, 0.5) is 20.3 Å². The van der Waals surface area contributed by atoms with Gasteiger partial charge in [0.2, 0.25) is 5.69 Å². The second-order valence-electron chi connectivity index (χ2n) is 6.33. The molecular formula is C17H20ClF2N5. The molecule has 0 atom stereocenters. The number of piperidine rings is 1. The van der Waals surface area contributed by atoms with Gasteiger partial charge in [0.05, 0.1) is 18.7 Å². The number of halogens is 3. The van der Waals surface area contributed by atoms with Crippen LogP contribution in [0.15, 0.2) is 0 Å². The lowest BCUT2D eigenvalue weighted by atomic mass is 9.89. The molecule has 1 aliphatic rings. The van der Waals surface area contributed by atoms with Crippen LogP contribution >= 0.6 is 11.6 Å². The van der Waals surface area contributed by atoms with E-state index in [9.17, 15) is 14.0 Å². The van der Waals surface area contributed by atoms with Crippen LogP contribution in [0.5, 0.6) is 0 Å². The summed E-state index contributed by atoms with van der Waals surface area (Å²) in [6, 6.07) is 2.02. The standard InChI is InChI=1S/C17H20ClF2N5/c1-4-11-12(9-21)15(18)24-16(14(11)22-3)25-7-5-17(2,6-8-25)23-10-13(19)20/h13,23H,4-8,10H2,1-2H3. The predicted molar refractivity (Wildman–Crippen MR) is 93.5 cm³/mol. The van der Waals surface area contributed by atoms with Gasteiger partial charge < -0.3 is 10.2 Å². The molecule has 0 bridgehead atoms. The van der Waals surface area contributed by atoms with Crippen molar-refractivity contribution in [3.8, 4) is 6.07 Å². The van der Waals surface area contributed by atoms with E-state index in [0.717, 1.165) is 0 Å². The van der Waals surface area contributed by atoms with Crippen LogP contribution in [-0.2, 0) is 6.42 Å². The molecule has 1 fully saturated rings. The number of nitriles is 1. The molecular weight excluding hydrogens is 348 g/mol. The third kappa shape index (κ3) is 4.18. The fourth-order valence-corrected chi connectivity index (χ4v) is 3.32. The zero-order valence-electron chi connectivity index (χ0n) is 14.2. The molecule has 25 heavy (non-hydrogen) atoms. The molecule has 1 aromatic heterocycles. The Balaban J connectivity index is 2.26. The number of anilines is 1. The van der Waals surface area contributed by atoms with E-state index in [-0.39, 0.29) is 22.8 Å². The van der Waals surface area contributed by atoms with E-state index in [4.69, 9.17) is 18.2 Å². The summed E-state index contributed by atoms with van der Waals surface area (Å²) in [7, 11) is 0. The van der Waals surface area contributed by atoms with Gasteiger partial charge in [-0.1, -0.05) is 18.5 Å². The monoisotopic (exact) mass is 367 g/mol. The minimum absolute atomic E-state index is 0.103. The molecule has 0 aromatic carbocycles. The molecule has 0 radical (unpaired) electrons. The number of pyridine rings is 1. The van der Waals surface area contributed by atoms with Crippen molar-refractivity contribution in [2.45, 2.75) is 45.1 Å². The second kappa shape index (κ2) is 7.95. The average molecular weight is 368 g/mol. The van der Waals surface area contributed by atoms with Crippen molar-refractivity contribution in [2.75, 3.05) is 24.5 Å². The van der Waals surface area contributed by atoms with Crippen molar-refractivity contribution >= 4 is 23.1 Å². The van der Waals surface area contributed by atoms with Crippen molar-refractivity contribution in [1.82, 2.24) is 10.3 Å². The van der Waals surface area contributed by atoms with E-state index in [2.05, 4.69) is 15.1 Å². The van der Waals surface area contributed by atoms with Gasteiger partial charge in [0, 0.05) is 18.6 Å². The quantitative estimate of drug-likeness (QED) is 0.632. The third-order valence-electron chi connectivity index (χ3n) is 4.64. The maximum Gasteiger partial charge on any atom is 0.250 e. The molecule has 1 aromatic rings. The molecule has 0 spiro atoms. The molecule has 1 N–H and O–H groups in total. The van der Waals surface area contributed by atoms with Gasteiger partial charge in [-0.15, -0.1) is 0 Å². The van der Waals surface area contributed by atoms with Gasteiger partial charge in [0.1, 0.15) is 17.0 Å². The van der Waals surface area contributed by atoms with Crippen LogP contribution in [0.2, 0.25) is 5.15 Å². The molecule has 5 nitrogen and oxygen atoms in total. The first-order chi connectivity index (χ1) is 11.8. The number of nitrogens with zero attached hydrogens (tertiary/aromatic N) is 4. The van der Waals surface area contributed by atoms with Crippen molar-refractivity contribution in [2.24, 2.45) is 0 Å². The number of alkyl halides is 2. The molecule has 0 unspecified atom stereocenters. The highest BCUT2D eigenvalue weighted by molar-refractivity contribution is 6.31. The van der Waals surface area contributed by atoms with Gasteiger partial charge >= 0.3 is 0 Å². The fraction of sp³-hybridized carbons (Fsp3) is 0.588. The van der Waals surface area contributed by atoms with Crippen LogP contribution in [0.25, 0.3) is 4.85 Å². The Hall–Kier alpha value is -1.96. The van der Waals surface area contributed by atoms with Crippen LogP contribution < -0.4 is 10.2 Å². The summed E-state index contributed by atoms with van der Waals surface area (Å²) in [5, 5.41) is 12.3. The molecule has 8 heteroatoms. The summed E-state index contributed by atoms with van der Waals surface area (Å²) in [5.74, 6) is 0.478. The van der Waals surface area contributed by atoms with E-state index in [0.29, 0.717) is 49.4 Å². The molecule has 0 aliphatic carbocycles. The van der Waals surface area contributed by atoms with Gasteiger partial charge in [0.25, 0.3) is 6.43 Å². The number of aromatic nitrogens is 1. The first-order valence-corrected chi connectivity index (χ1v) is 8.51. The van der Waals surface area contributed by atoms with E-state index in [1.165, 1.54) is 0 Å². The van der Waals surface area contributed by atoms with Gasteiger partial charge in [-0.2, -0.15) is 5.26 Å². The maximum atomic E-state index is 12.4. The van der Waals surface area contributed by atoms with Gasteiger partial charge in [-0.05, 0) is 31.7 Å². The number of rotatable bonds is 5. The van der Waals surface area contributed by atoms with Crippen LogP contribution in [-0.4, -0.2) is 36.6 Å². The Labute approximate surface area is 151 Å². The van der Waals surface area contributed by atoms with Crippen molar-refractivity contribution in [1.29, 1.82) is 5.26 Å². The normalized spacial score (nSPS) is 16.6. The highest BCUT2D eigenvalue weighted by Gasteiger charge is 2.32. The van der Waals surface area contributed by atoms with Crippen molar-refractivity contribution in [3.63, 3.8) is 0 Å². The summed E-state index contributed by atoms with van der Waals surface area (Å²) in [6.45, 7) is 12.1. The van der Waals surface area contributed by atoms with E-state index < -0.39 is 6.43 Å². The fourth-order valence-electron chi connectivity index (χ4n) is 3.09. The maximum absolute atomic E-state index is 12.4. The zero-order valence-corrected chi connectivity index (χ0v) is 15.0. The van der Waals surface area contributed by atoms with Crippen LogP contribution in [0, 0.1) is 17.9 Å².